The molecule has 0 saturated carbocycles. The molecule has 54 valence electrons. The lowest BCUT2D eigenvalue weighted by molar-refractivity contribution is 0.219. The number of carboxylic acid groups (broad SMARTS) is 1. The third kappa shape index (κ3) is 2.67. The Hall–Kier alpha value is -0.290. The van der Waals surface area contributed by atoms with Crippen molar-refractivity contribution in [1.29, 1.82) is 0 Å². The number of halogens is 1. The van der Waals surface area contributed by atoms with Crippen molar-refractivity contribution in [3.05, 3.63) is 0 Å². The van der Waals surface area contributed by atoms with Crippen LogP contribution in [-0.2, 0) is 9.84 Å². The number of hydrogen-bond donors (Lipinski definition) is 1. The Labute approximate surface area is 57.4 Å². The van der Waals surface area contributed by atoms with Crippen molar-refractivity contribution in [3.8, 4) is 0 Å². The molecule has 0 aliphatic rings. The van der Waals surface area contributed by atoms with E-state index in [1.54, 1.807) is 0 Å². The second kappa shape index (κ2) is 3.03. The van der Waals surface area contributed by atoms with Crippen molar-refractivity contribution < 1.29 is 18.3 Å². The van der Waals surface area contributed by atoms with Gasteiger partial charge in [0.25, 0.3) is 9.84 Å². The Bertz CT molecular complexity index is 194. The average molecular weight is 173 g/mol. The number of carbonyl (C=O) groups is 1. The molecule has 1 N–H and O–H groups in total. The maximum Gasteiger partial charge on any atom is 0.422 e. The summed E-state index contributed by atoms with van der Waals surface area (Å²) < 4.78 is 20.5. The fourth-order valence-corrected chi connectivity index (χ4v) is 1.18. The Morgan fingerprint density at radius 1 is 1.56 bits per heavy atom. The number of sulfone groups is 1. The predicted molar refractivity (Wildman–Crippen MR) is 32.5 cm³/mol. The standard InChI is InChI=1S/C3H5ClO4S/c4-1-2-9(7,8)3(5)6/h1-2H2,(H,5,6). The van der Waals surface area contributed by atoms with Crippen LogP contribution in [0, 0.1) is 0 Å². The molecular weight excluding hydrogens is 168 g/mol. The monoisotopic (exact) mass is 172 g/mol. The SMILES string of the molecule is O=C(O)S(=O)(=O)CCCl. The minimum Gasteiger partial charge on any atom is -0.470 e. The molecule has 0 spiro atoms. The van der Waals surface area contributed by atoms with E-state index in [1.807, 2.05) is 0 Å². The molecule has 0 aliphatic carbocycles. The van der Waals surface area contributed by atoms with E-state index in [4.69, 9.17) is 16.7 Å². The van der Waals surface area contributed by atoms with Crippen LogP contribution in [0.15, 0.2) is 0 Å². The average Bonchev–Trinajstić information content (AvgIpc) is 1.65. The molecule has 6 heteroatoms. The van der Waals surface area contributed by atoms with Gasteiger partial charge in [-0.3, -0.25) is 0 Å². The maximum atomic E-state index is 10.2. The first-order chi connectivity index (χ1) is 4.00. The molecular formula is C3H5ClO4S. The van der Waals surface area contributed by atoms with Crippen LogP contribution in [0.25, 0.3) is 0 Å². The molecule has 0 aromatic rings. The Morgan fingerprint density at radius 2 is 2.00 bits per heavy atom. The fourth-order valence-electron chi connectivity index (χ4n) is 0.189. The van der Waals surface area contributed by atoms with E-state index in [1.165, 1.54) is 0 Å². The van der Waals surface area contributed by atoms with E-state index in [0.29, 0.717) is 0 Å². The molecule has 0 bridgehead atoms. The molecule has 0 heterocycles. The van der Waals surface area contributed by atoms with E-state index in [2.05, 4.69) is 0 Å². The lowest BCUT2D eigenvalue weighted by Crippen LogP contribution is -2.16. The van der Waals surface area contributed by atoms with Gasteiger partial charge in [0.05, 0.1) is 5.75 Å². The first kappa shape index (κ1) is 8.71. The van der Waals surface area contributed by atoms with Crippen LogP contribution in [-0.4, -0.2) is 30.5 Å². The van der Waals surface area contributed by atoms with Crippen molar-refractivity contribution in [3.63, 3.8) is 0 Å². The highest BCUT2D eigenvalue weighted by Gasteiger charge is 2.18. The zero-order valence-electron chi connectivity index (χ0n) is 4.37. The van der Waals surface area contributed by atoms with E-state index in [9.17, 15) is 13.2 Å². The van der Waals surface area contributed by atoms with Crippen LogP contribution in [0.3, 0.4) is 0 Å². The van der Waals surface area contributed by atoms with Gasteiger partial charge < -0.3 is 5.11 Å². The second-order valence-corrected chi connectivity index (χ2v) is 3.64. The quantitative estimate of drug-likeness (QED) is 0.609. The lowest BCUT2D eigenvalue weighted by atomic mass is 11.0. The van der Waals surface area contributed by atoms with Gasteiger partial charge in [0.15, 0.2) is 0 Å². The summed E-state index contributed by atoms with van der Waals surface area (Å²) in [6, 6.07) is 0. The van der Waals surface area contributed by atoms with E-state index >= 15 is 0 Å². The lowest BCUT2D eigenvalue weighted by Gasteiger charge is -1.90. The molecule has 0 atom stereocenters. The van der Waals surface area contributed by atoms with Gasteiger partial charge in [-0.25, -0.2) is 13.2 Å². The largest absolute Gasteiger partial charge is 0.470 e. The highest BCUT2D eigenvalue weighted by Crippen LogP contribution is 1.92. The van der Waals surface area contributed by atoms with Gasteiger partial charge in [0.2, 0.25) is 0 Å². The Kier molecular flexibility index (Phi) is 2.93. The third-order valence-corrected chi connectivity index (χ3v) is 2.30. The first-order valence-electron chi connectivity index (χ1n) is 2.02. The van der Waals surface area contributed by atoms with Crippen molar-refractivity contribution in [2.45, 2.75) is 0 Å². The van der Waals surface area contributed by atoms with Gasteiger partial charge in [-0.1, -0.05) is 0 Å². The molecule has 0 amide bonds. The summed E-state index contributed by atoms with van der Waals surface area (Å²) in [4.78, 5) is 9.76. The highest BCUT2D eigenvalue weighted by atomic mass is 35.5. The zero-order valence-corrected chi connectivity index (χ0v) is 5.94. The second-order valence-electron chi connectivity index (χ2n) is 1.27. The summed E-state index contributed by atoms with van der Waals surface area (Å²) in [5.74, 6) is -0.696. The first-order valence-corrected chi connectivity index (χ1v) is 4.21. The van der Waals surface area contributed by atoms with Crippen LogP contribution >= 0.6 is 11.6 Å². The van der Waals surface area contributed by atoms with Crippen molar-refractivity contribution >= 4 is 26.7 Å². The van der Waals surface area contributed by atoms with Crippen LogP contribution in [0.1, 0.15) is 0 Å². The van der Waals surface area contributed by atoms with Gasteiger partial charge in [-0.15, -0.1) is 11.6 Å². The molecule has 0 aliphatic heterocycles. The number of hydrogen-bond acceptors (Lipinski definition) is 3. The van der Waals surface area contributed by atoms with Crippen molar-refractivity contribution in [2.75, 3.05) is 11.6 Å². The van der Waals surface area contributed by atoms with Gasteiger partial charge in [0.1, 0.15) is 0 Å². The smallest absolute Gasteiger partial charge is 0.422 e. The molecule has 0 aromatic heterocycles. The molecule has 4 nitrogen and oxygen atoms in total. The molecule has 9 heavy (non-hydrogen) atoms. The molecule has 0 aromatic carbocycles. The predicted octanol–water partition coefficient (Wildman–Crippen LogP) is 0.318. The Morgan fingerprint density at radius 3 is 2.11 bits per heavy atom. The molecule has 0 saturated heterocycles. The minimum absolute atomic E-state index is 0.186. The third-order valence-electron chi connectivity index (χ3n) is 0.612. The molecule has 0 rings (SSSR count). The molecule has 0 radical (unpaired) electrons. The summed E-state index contributed by atoms with van der Waals surface area (Å²) >= 11 is 4.99. The highest BCUT2D eigenvalue weighted by molar-refractivity contribution is 8.05. The normalized spacial score (nSPS) is 11.2. The van der Waals surface area contributed by atoms with Crippen LogP contribution < -0.4 is 0 Å². The summed E-state index contributed by atoms with van der Waals surface area (Å²) in [6.07, 6.45) is 0. The minimum atomic E-state index is -3.96. The zero-order chi connectivity index (χ0) is 7.49. The van der Waals surface area contributed by atoms with Crippen LogP contribution in [0.5, 0.6) is 0 Å². The van der Waals surface area contributed by atoms with E-state index < -0.39 is 20.9 Å². The van der Waals surface area contributed by atoms with Crippen LogP contribution in [0.2, 0.25) is 0 Å². The topological polar surface area (TPSA) is 71.4 Å². The van der Waals surface area contributed by atoms with Crippen molar-refractivity contribution in [2.24, 2.45) is 0 Å². The van der Waals surface area contributed by atoms with Gasteiger partial charge in [0, 0.05) is 5.88 Å². The number of alkyl halides is 1. The van der Waals surface area contributed by atoms with Gasteiger partial charge in [-0.05, 0) is 0 Å². The number of rotatable bonds is 2. The van der Waals surface area contributed by atoms with Crippen molar-refractivity contribution in [1.82, 2.24) is 0 Å². The summed E-state index contributed by atoms with van der Waals surface area (Å²) in [7, 11) is -3.96. The fraction of sp³-hybridized carbons (Fsp3) is 0.667. The molecule has 0 fully saturated rings. The Balaban J connectivity index is 4.23. The molecule has 0 unspecified atom stereocenters. The van der Waals surface area contributed by atoms with Crippen LogP contribution in [0.4, 0.5) is 4.79 Å². The summed E-state index contributed by atoms with van der Waals surface area (Å²) in [6.45, 7) is 0. The maximum absolute atomic E-state index is 10.2. The van der Waals surface area contributed by atoms with Gasteiger partial charge in [-0.2, -0.15) is 0 Å². The van der Waals surface area contributed by atoms with Gasteiger partial charge >= 0.3 is 5.30 Å². The summed E-state index contributed by atoms with van der Waals surface area (Å²) in [5.41, 5.74) is 0. The van der Waals surface area contributed by atoms with E-state index in [-0.39, 0.29) is 5.88 Å². The summed E-state index contributed by atoms with van der Waals surface area (Å²) in [5, 5.41) is 6.11. The van der Waals surface area contributed by atoms with E-state index in [0.717, 1.165) is 0 Å².